The van der Waals surface area contributed by atoms with Crippen LogP contribution in [0.25, 0.3) is 0 Å². The number of carbonyl (C=O) groups is 2. The minimum atomic E-state index is -1.02. The van der Waals surface area contributed by atoms with E-state index in [1.807, 2.05) is 91.0 Å². The summed E-state index contributed by atoms with van der Waals surface area (Å²) in [7, 11) is 0. The van der Waals surface area contributed by atoms with Crippen molar-refractivity contribution in [3.05, 3.63) is 102 Å². The fraction of sp³-hybridized carbons (Fsp3) is 0.167. The zero-order valence-corrected chi connectivity index (χ0v) is 15.5. The molecule has 0 bridgehead atoms. The molecular formula is C24H22N2O2. The van der Waals surface area contributed by atoms with Gasteiger partial charge in [-0.05, 0) is 29.7 Å². The second-order valence-corrected chi connectivity index (χ2v) is 7.01. The standard InChI is InChI=1S/C24H22N2O2/c27-22-16-17-24(20-12-6-2-7-13-20,23(28)25-21-14-8-3-9-15-21)26(22)18-19-10-4-1-5-11-19/h1-15H,16-18H2,(H,25,28). The van der Waals surface area contributed by atoms with Crippen LogP contribution in [0.4, 0.5) is 5.69 Å². The zero-order valence-electron chi connectivity index (χ0n) is 15.5. The molecule has 1 aliphatic heterocycles. The van der Waals surface area contributed by atoms with Gasteiger partial charge in [-0.25, -0.2) is 0 Å². The molecule has 1 saturated heterocycles. The second-order valence-electron chi connectivity index (χ2n) is 7.01. The van der Waals surface area contributed by atoms with E-state index in [-0.39, 0.29) is 11.8 Å². The molecule has 3 aromatic rings. The number of para-hydroxylation sites is 1. The van der Waals surface area contributed by atoms with Crippen molar-refractivity contribution in [2.45, 2.75) is 24.9 Å². The van der Waals surface area contributed by atoms with Gasteiger partial charge in [-0.2, -0.15) is 0 Å². The molecule has 4 nitrogen and oxygen atoms in total. The van der Waals surface area contributed by atoms with Crippen molar-refractivity contribution in [2.24, 2.45) is 0 Å². The summed E-state index contributed by atoms with van der Waals surface area (Å²) in [5, 5.41) is 3.03. The van der Waals surface area contributed by atoms with Gasteiger partial charge in [-0.1, -0.05) is 78.9 Å². The Kier molecular flexibility index (Phi) is 4.94. The first-order chi connectivity index (χ1) is 13.7. The molecule has 0 aliphatic carbocycles. The van der Waals surface area contributed by atoms with Crippen molar-refractivity contribution in [3.63, 3.8) is 0 Å². The van der Waals surface area contributed by atoms with Crippen molar-refractivity contribution in [1.29, 1.82) is 0 Å². The molecule has 4 heteroatoms. The van der Waals surface area contributed by atoms with E-state index in [0.29, 0.717) is 19.4 Å². The van der Waals surface area contributed by atoms with Gasteiger partial charge in [0.25, 0.3) is 5.91 Å². The van der Waals surface area contributed by atoms with E-state index in [1.165, 1.54) is 0 Å². The lowest BCUT2D eigenvalue weighted by Gasteiger charge is -2.38. The van der Waals surface area contributed by atoms with Gasteiger partial charge in [-0.15, -0.1) is 0 Å². The monoisotopic (exact) mass is 370 g/mol. The lowest BCUT2D eigenvalue weighted by atomic mass is 9.85. The van der Waals surface area contributed by atoms with E-state index >= 15 is 0 Å². The molecule has 1 unspecified atom stereocenters. The predicted octanol–water partition coefficient (Wildman–Crippen LogP) is 4.34. The number of hydrogen-bond acceptors (Lipinski definition) is 2. The first-order valence-electron chi connectivity index (χ1n) is 9.46. The Morgan fingerprint density at radius 3 is 2.07 bits per heavy atom. The topological polar surface area (TPSA) is 49.4 Å². The van der Waals surface area contributed by atoms with Gasteiger partial charge in [0.2, 0.25) is 5.91 Å². The van der Waals surface area contributed by atoms with Crippen molar-refractivity contribution in [1.82, 2.24) is 4.90 Å². The second kappa shape index (κ2) is 7.69. The first-order valence-corrected chi connectivity index (χ1v) is 9.46. The predicted molar refractivity (Wildman–Crippen MR) is 109 cm³/mol. The summed E-state index contributed by atoms with van der Waals surface area (Å²) in [6, 6.07) is 28.8. The summed E-state index contributed by atoms with van der Waals surface area (Å²) in [6.45, 7) is 0.400. The number of benzene rings is 3. The van der Waals surface area contributed by atoms with Crippen LogP contribution >= 0.6 is 0 Å². The first kappa shape index (κ1) is 18.0. The maximum Gasteiger partial charge on any atom is 0.255 e. The smallest absolute Gasteiger partial charge is 0.255 e. The summed E-state index contributed by atoms with van der Waals surface area (Å²) >= 11 is 0. The summed E-state index contributed by atoms with van der Waals surface area (Å²) in [4.78, 5) is 28.2. The van der Waals surface area contributed by atoms with Gasteiger partial charge in [-0.3, -0.25) is 9.59 Å². The minimum Gasteiger partial charge on any atom is -0.324 e. The lowest BCUT2D eigenvalue weighted by molar-refractivity contribution is -0.140. The normalized spacial score (nSPS) is 18.9. The Hall–Kier alpha value is -3.40. The number of amides is 2. The average Bonchev–Trinajstić information content (AvgIpc) is 3.07. The Morgan fingerprint density at radius 2 is 1.43 bits per heavy atom. The van der Waals surface area contributed by atoms with Crippen LogP contribution in [-0.2, 0) is 21.7 Å². The molecule has 28 heavy (non-hydrogen) atoms. The van der Waals surface area contributed by atoms with Crippen LogP contribution in [0.5, 0.6) is 0 Å². The summed E-state index contributed by atoms with van der Waals surface area (Å²) in [5.41, 5.74) is 1.54. The Morgan fingerprint density at radius 1 is 0.857 bits per heavy atom. The van der Waals surface area contributed by atoms with Crippen LogP contribution < -0.4 is 5.32 Å². The highest BCUT2D eigenvalue weighted by atomic mass is 16.2. The molecule has 1 heterocycles. The summed E-state index contributed by atoms with van der Waals surface area (Å²) < 4.78 is 0. The highest BCUT2D eigenvalue weighted by molar-refractivity contribution is 6.03. The highest BCUT2D eigenvalue weighted by Crippen LogP contribution is 2.41. The van der Waals surface area contributed by atoms with Crippen LogP contribution in [0.15, 0.2) is 91.0 Å². The number of carbonyl (C=O) groups excluding carboxylic acids is 2. The maximum atomic E-state index is 13.6. The van der Waals surface area contributed by atoms with Crippen molar-refractivity contribution >= 4 is 17.5 Å². The lowest BCUT2D eigenvalue weighted by Crippen LogP contribution is -2.51. The molecule has 0 spiro atoms. The van der Waals surface area contributed by atoms with E-state index in [2.05, 4.69) is 5.32 Å². The van der Waals surface area contributed by atoms with Crippen LogP contribution in [-0.4, -0.2) is 16.7 Å². The van der Waals surface area contributed by atoms with Crippen molar-refractivity contribution < 1.29 is 9.59 Å². The Balaban J connectivity index is 1.76. The molecule has 3 aromatic carbocycles. The van der Waals surface area contributed by atoms with Gasteiger partial charge >= 0.3 is 0 Å². The van der Waals surface area contributed by atoms with Gasteiger partial charge < -0.3 is 10.2 Å². The molecule has 0 radical (unpaired) electrons. The highest BCUT2D eigenvalue weighted by Gasteiger charge is 2.52. The average molecular weight is 370 g/mol. The van der Waals surface area contributed by atoms with E-state index < -0.39 is 5.54 Å². The summed E-state index contributed by atoms with van der Waals surface area (Å²) in [6.07, 6.45) is 0.811. The number of rotatable bonds is 5. The van der Waals surface area contributed by atoms with Crippen LogP contribution in [0.1, 0.15) is 24.0 Å². The number of likely N-dealkylation sites (tertiary alicyclic amines) is 1. The van der Waals surface area contributed by atoms with Gasteiger partial charge in [0, 0.05) is 18.7 Å². The van der Waals surface area contributed by atoms with E-state index in [0.717, 1.165) is 16.8 Å². The van der Waals surface area contributed by atoms with Crippen LogP contribution in [0, 0.1) is 0 Å². The molecular weight excluding hydrogens is 348 g/mol. The molecule has 4 rings (SSSR count). The van der Waals surface area contributed by atoms with Gasteiger partial charge in [0.05, 0.1) is 0 Å². The van der Waals surface area contributed by atoms with Crippen molar-refractivity contribution in [2.75, 3.05) is 5.32 Å². The fourth-order valence-corrected chi connectivity index (χ4v) is 3.90. The number of nitrogens with zero attached hydrogens (tertiary/aromatic N) is 1. The Bertz CT molecular complexity index is 958. The number of hydrogen-bond donors (Lipinski definition) is 1. The quantitative estimate of drug-likeness (QED) is 0.726. The van der Waals surface area contributed by atoms with Crippen LogP contribution in [0.3, 0.4) is 0 Å². The SMILES string of the molecule is O=C1CCC(C(=O)Nc2ccccc2)(c2ccccc2)N1Cc1ccccc1. The molecule has 0 aromatic heterocycles. The maximum absolute atomic E-state index is 13.6. The third kappa shape index (κ3) is 3.29. The largest absolute Gasteiger partial charge is 0.324 e. The van der Waals surface area contributed by atoms with Crippen LogP contribution in [0.2, 0.25) is 0 Å². The molecule has 1 aliphatic rings. The van der Waals surface area contributed by atoms with Gasteiger partial charge in [0.1, 0.15) is 5.54 Å². The fourth-order valence-electron chi connectivity index (χ4n) is 3.90. The van der Waals surface area contributed by atoms with E-state index in [4.69, 9.17) is 0 Å². The Labute approximate surface area is 164 Å². The number of nitrogens with one attached hydrogen (secondary N) is 1. The third-order valence-corrected chi connectivity index (χ3v) is 5.30. The molecule has 2 amide bonds. The molecule has 0 saturated carbocycles. The summed E-state index contributed by atoms with van der Waals surface area (Å²) in [5.74, 6) is -0.178. The van der Waals surface area contributed by atoms with Gasteiger partial charge in [0.15, 0.2) is 0 Å². The molecule has 1 N–H and O–H groups in total. The number of anilines is 1. The molecule has 1 atom stereocenters. The van der Waals surface area contributed by atoms with Crippen molar-refractivity contribution in [3.8, 4) is 0 Å². The molecule has 1 fully saturated rings. The zero-order chi connectivity index (χ0) is 19.4. The third-order valence-electron chi connectivity index (χ3n) is 5.30. The molecule has 140 valence electrons. The van der Waals surface area contributed by atoms with E-state index in [9.17, 15) is 9.59 Å². The minimum absolute atomic E-state index is 0.00378. The van der Waals surface area contributed by atoms with E-state index in [1.54, 1.807) is 4.90 Å².